The van der Waals surface area contributed by atoms with Gasteiger partial charge in [0.05, 0.1) is 50.8 Å². The van der Waals surface area contributed by atoms with Crippen LogP contribution in [0.4, 0.5) is 0 Å². The molecule has 10 N–H and O–H groups in total. The van der Waals surface area contributed by atoms with E-state index in [9.17, 15) is 51.1 Å². The van der Waals surface area contributed by atoms with Crippen molar-refractivity contribution in [2.45, 2.75) is 104 Å². The van der Waals surface area contributed by atoms with Crippen molar-refractivity contribution in [2.75, 3.05) is 46.6 Å². The maximum atomic E-state index is 11.7. The normalized spacial score (nSPS) is 43.3. The lowest BCUT2D eigenvalue weighted by Crippen LogP contribution is -2.65. The molecule has 0 amide bonds. The van der Waals surface area contributed by atoms with Gasteiger partial charge in [-0.05, 0) is 30.2 Å². The summed E-state index contributed by atoms with van der Waals surface area (Å²) < 4.78 is 65.5. The first-order valence-electron chi connectivity index (χ1n) is 19.9. The van der Waals surface area contributed by atoms with E-state index in [-0.39, 0.29) is 43.7 Å². The lowest BCUT2D eigenvalue weighted by atomic mass is 9.81. The Morgan fingerprint density at radius 1 is 0.583 bits per heavy atom. The molecular weight excluding hydrogens is 804 g/mol. The second-order valence-electron chi connectivity index (χ2n) is 16.2. The van der Waals surface area contributed by atoms with Gasteiger partial charge in [0.1, 0.15) is 60.7 Å². The van der Waals surface area contributed by atoms with Crippen LogP contribution in [0.2, 0.25) is 0 Å². The summed E-state index contributed by atoms with van der Waals surface area (Å²) in [5.74, 6) is 0.964. The Bertz CT molecular complexity index is 1810. The molecule has 0 bridgehead atoms. The van der Waals surface area contributed by atoms with Gasteiger partial charge in [0.2, 0.25) is 19.9 Å². The van der Waals surface area contributed by atoms with Crippen LogP contribution in [-0.4, -0.2) is 184 Å². The Labute approximate surface area is 341 Å². The van der Waals surface area contributed by atoms with Crippen molar-refractivity contribution in [3.8, 4) is 28.7 Å². The zero-order chi connectivity index (χ0) is 42.0. The van der Waals surface area contributed by atoms with Crippen molar-refractivity contribution in [2.24, 2.45) is 17.8 Å². The number of ether oxygens (including phenoxy) is 11. The predicted octanol–water partition coefficient (Wildman–Crippen LogP) is -3.29. The molecule has 6 heterocycles. The summed E-state index contributed by atoms with van der Waals surface area (Å²) >= 11 is 0. The first-order chi connectivity index (χ1) is 28.9. The summed E-state index contributed by atoms with van der Waals surface area (Å²) in [6.07, 6.45) is -23.8. The van der Waals surface area contributed by atoms with Gasteiger partial charge in [0.15, 0.2) is 35.4 Å². The van der Waals surface area contributed by atoms with E-state index < -0.39 is 118 Å². The number of hydrogen-bond acceptors (Lipinski definition) is 21. The third-order valence-corrected chi connectivity index (χ3v) is 12.6. The average molecular weight is 855 g/mol. The maximum Gasteiger partial charge on any atom is 0.231 e. The van der Waals surface area contributed by atoms with Gasteiger partial charge in [-0.25, -0.2) is 0 Å². The third kappa shape index (κ3) is 7.56. The molecule has 9 rings (SSSR count). The fraction of sp³-hybridized carbons (Fsp3) is 0.692. The van der Waals surface area contributed by atoms with E-state index in [1.165, 1.54) is 6.07 Å². The summed E-state index contributed by atoms with van der Waals surface area (Å²) in [6, 6.07) is 8.88. The first kappa shape index (κ1) is 42.1. The SMILES string of the molecule is OC[C@H]1C[C@@H](OC[C@H]2O[C@@H](Oc3cc4c(cc3[C@H]3OC[C@H]5[C@@H]3CO[C@@H]5c3ccc5c(c3)OCO5)OCO4)[C@H](O[C@@H]3O[C@H](CO)[C@@H](O)[C@H](O)[C@H]3O)[C@@H](O)[C@@H]2O)[C@H](O)[C@@H](O)[C@@H]1O. The smallest absolute Gasteiger partial charge is 0.231 e. The summed E-state index contributed by atoms with van der Waals surface area (Å²) in [6.45, 7) is -1.12. The Hall–Kier alpha value is -3.20. The van der Waals surface area contributed by atoms with E-state index in [0.29, 0.717) is 41.8 Å². The molecule has 4 saturated heterocycles. The van der Waals surface area contributed by atoms with Crippen LogP contribution in [-0.2, 0) is 28.4 Å². The highest BCUT2D eigenvalue weighted by Gasteiger charge is 2.54. The van der Waals surface area contributed by atoms with E-state index in [1.54, 1.807) is 6.07 Å². The molecule has 2 aromatic carbocycles. The standard InChI is InChI=1S/C39H50O21/c40-7-15-4-24(28(43)31(46)27(15)42)50-11-26-30(45)33(48)37(60-38-34(49)32(47)29(44)25(8-41)58-38)39(59-26)57-20-6-23-22(55-13-56-23)5-16(20)36-18-10-51-35(17(18)9-52-36)14-1-2-19-21(3-14)54-12-53-19/h1-3,5-6,15,17-18,24-49H,4,7-13H2/t15-,17+,18+,24-,25-,26-,27-,28+,29-,30-,31+,32+,33+,34-,35-,36-,37-,38+,39-/m1/s1. The van der Waals surface area contributed by atoms with E-state index >= 15 is 0 Å². The number of rotatable bonds is 11. The topological polar surface area (TPSA) is 304 Å². The molecule has 7 aliphatic rings. The Kier molecular flexibility index (Phi) is 12.1. The third-order valence-electron chi connectivity index (χ3n) is 12.6. The molecular formula is C39H50O21. The maximum absolute atomic E-state index is 11.7. The predicted molar refractivity (Wildman–Crippen MR) is 192 cm³/mol. The van der Waals surface area contributed by atoms with Crippen LogP contribution in [0.3, 0.4) is 0 Å². The van der Waals surface area contributed by atoms with Gasteiger partial charge >= 0.3 is 0 Å². The molecule has 332 valence electrons. The molecule has 5 fully saturated rings. The fourth-order valence-corrected chi connectivity index (χ4v) is 9.15. The summed E-state index contributed by atoms with van der Waals surface area (Å²) in [5, 5.41) is 106. The number of benzene rings is 2. The molecule has 1 saturated carbocycles. The van der Waals surface area contributed by atoms with Crippen molar-refractivity contribution in [1.82, 2.24) is 0 Å². The minimum absolute atomic E-state index is 0.0621. The highest BCUT2D eigenvalue weighted by Crippen LogP contribution is 2.54. The van der Waals surface area contributed by atoms with Gasteiger partial charge < -0.3 is 103 Å². The number of aliphatic hydroxyl groups excluding tert-OH is 10. The Morgan fingerprint density at radius 3 is 1.95 bits per heavy atom. The minimum atomic E-state index is -1.90. The van der Waals surface area contributed by atoms with Gasteiger partial charge in [-0.15, -0.1) is 0 Å². The molecule has 6 aliphatic heterocycles. The van der Waals surface area contributed by atoms with Crippen molar-refractivity contribution in [3.63, 3.8) is 0 Å². The van der Waals surface area contributed by atoms with Gasteiger partial charge in [-0.1, -0.05) is 6.07 Å². The molecule has 21 nitrogen and oxygen atoms in total. The van der Waals surface area contributed by atoms with Gasteiger partial charge in [0, 0.05) is 36.0 Å². The average Bonchev–Trinajstić information content (AvgIpc) is 4.08. The van der Waals surface area contributed by atoms with Crippen molar-refractivity contribution >= 4 is 0 Å². The van der Waals surface area contributed by atoms with Crippen molar-refractivity contribution in [1.29, 1.82) is 0 Å². The van der Waals surface area contributed by atoms with Crippen molar-refractivity contribution in [3.05, 3.63) is 41.5 Å². The van der Waals surface area contributed by atoms with Crippen LogP contribution in [0.25, 0.3) is 0 Å². The molecule has 0 radical (unpaired) electrons. The molecule has 0 aromatic heterocycles. The second kappa shape index (κ2) is 17.2. The zero-order valence-corrected chi connectivity index (χ0v) is 32.0. The molecule has 0 spiro atoms. The molecule has 19 atom stereocenters. The summed E-state index contributed by atoms with van der Waals surface area (Å²) in [4.78, 5) is 0. The molecule has 2 aromatic rings. The van der Waals surface area contributed by atoms with Crippen molar-refractivity contribution < 1.29 is 103 Å². The van der Waals surface area contributed by atoms with Gasteiger partial charge in [0.25, 0.3) is 0 Å². The van der Waals surface area contributed by atoms with E-state index in [1.807, 2.05) is 18.2 Å². The Balaban J connectivity index is 1.00. The number of aliphatic hydroxyl groups is 10. The lowest BCUT2D eigenvalue weighted by molar-refractivity contribution is -0.359. The first-order valence-corrected chi connectivity index (χ1v) is 19.9. The monoisotopic (exact) mass is 854 g/mol. The molecule has 0 unspecified atom stereocenters. The molecule has 1 aliphatic carbocycles. The largest absolute Gasteiger partial charge is 0.461 e. The minimum Gasteiger partial charge on any atom is -0.461 e. The Morgan fingerprint density at radius 2 is 1.22 bits per heavy atom. The molecule has 21 heteroatoms. The summed E-state index contributed by atoms with van der Waals surface area (Å²) in [7, 11) is 0. The quantitative estimate of drug-likeness (QED) is 0.106. The molecule has 60 heavy (non-hydrogen) atoms. The van der Waals surface area contributed by atoms with Crippen LogP contribution >= 0.6 is 0 Å². The van der Waals surface area contributed by atoms with Crippen LogP contribution in [0.15, 0.2) is 30.3 Å². The van der Waals surface area contributed by atoms with Gasteiger partial charge in [-0.2, -0.15) is 0 Å². The zero-order valence-electron chi connectivity index (χ0n) is 32.0. The number of hydrogen-bond donors (Lipinski definition) is 10. The second-order valence-corrected chi connectivity index (χ2v) is 16.2. The highest BCUT2D eigenvalue weighted by molar-refractivity contribution is 5.53. The fourth-order valence-electron chi connectivity index (χ4n) is 9.15. The highest BCUT2D eigenvalue weighted by atomic mass is 16.8. The number of fused-ring (bicyclic) bond motifs is 3. The van der Waals surface area contributed by atoms with Crippen LogP contribution in [0, 0.1) is 17.8 Å². The lowest BCUT2D eigenvalue weighted by Gasteiger charge is -2.46. The van der Waals surface area contributed by atoms with Crippen LogP contribution < -0.4 is 23.7 Å². The van der Waals surface area contributed by atoms with E-state index in [2.05, 4.69) is 0 Å². The summed E-state index contributed by atoms with van der Waals surface area (Å²) in [5.41, 5.74) is 1.37. The van der Waals surface area contributed by atoms with Crippen LogP contribution in [0.5, 0.6) is 28.7 Å². The van der Waals surface area contributed by atoms with Crippen LogP contribution in [0.1, 0.15) is 29.8 Å². The van der Waals surface area contributed by atoms with E-state index in [0.717, 1.165) is 5.56 Å². The van der Waals surface area contributed by atoms with E-state index in [4.69, 9.17) is 52.1 Å². The van der Waals surface area contributed by atoms with Gasteiger partial charge in [-0.3, -0.25) is 0 Å².